The summed E-state index contributed by atoms with van der Waals surface area (Å²) in [5.74, 6) is -2.13. The molecule has 2 aromatic carbocycles. The summed E-state index contributed by atoms with van der Waals surface area (Å²) < 4.78 is 11.5. The van der Waals surface area contributed by atoms with E-state index in [9.17, 15) is 14.4 Å². The summed E-state index contributed by atoms with van der Waals surface area (Å²) in [5.41, 5.74) is -2.02. The van der Waals surface area contributed by atoms with Crippen LogP contribution in [0.5, 0.6) is 5.75 Å². The number of hydrogen-bond donors (Lipinski definition) is 0. The Morgan fingerprint density at radius 3 is 2.54 bits per heavy atom. The normalized spacial score (nSPS) is 27.3. The molecule has 0 spiro atoms. The Balaban J connectivity index is 1.90. The molecule has 144 valence electrons. The van der Waals surface area contributed by atoms with Crippen LogP contribution in [0.4, 0.5) is 0 Å². The van der Waals surface area contributed by atoms with Crippen molar-refractivity contribution in [1.29, 1.82) is 0 Å². The van der Waals surface area contributed by atoms with Gasteiger partial charge >= 0.3 is 11.9 Å². The van der Waals surface area contributed by atoms with Gasteiger partial charge in [-0.1, -0.05) is 27.5 Å². The average molecular weight is 464 g/mol. The number of halogens is 2. The standard InChI is InChI=1S/C21H16BrClO5/c1-3-27-18(25)21-16(14-10-12(22)6-9-15(14)28-19(21)26)20(21,2)17(24)11-4-7-13(23)8-5-11/h4-10,16H,3H2,1-2H3. The molecule has 0 amide bonds. The van der Waals surface area contributed by atoms with Crippen molar-refractivity contribution in [1.82, 2.24) is 0 Å². The average Bonchev–Trinajstić information content (AvgIpc) is 3.26. The summed E-state index contributed by atoms with van der Waals surface area (Å²) in [6, 6.07) is 11.6. The van der Waals surface area contributed by atoms with E-state index in [4.69, 9.17) is 21.1 Å². The van der Waals surface area contributed by atoms with Gasteiger partial charge in [0.2, 0.25) is 0 Å². The van der Waals surface area contributed by atoms with Crippen molar-refractivity contribution in [2.75, 3.05) is 6.61 Å². The Bertz CT molecular complexity index is 1020. The van der Waals surface area contributed by atoms with Gasteiger partial charge in [-0.2, -0.15) is 0 Å². The van der Waals surface area contributed by atoms with Gasteiger partial charge in [0.25, 0.3) is 0 Å². The van der Waals surface area contributed by atoms with Crippen LogP contribution < -0.4 is 4.74 Å². The second-order valence-corrected chi connectivity index (χ2v) is 8.42. The van der Waals surface area contributed by atoms with Crippen LogP contribution in [-0.4, -0.2) is 24.3 Å². The van der Waals surface area contributed by atoms with E-state index in [2.05, 4.69) is 15.9 Å². The van der Waals surface area contributed by atoms with Crippen molar-refractivity contribution >= 4 is 45.3 Å². The SMILES string of the molecule is CCOC(=O)C12C(=O)Oc3ccc(Br)cc3C1C2(C)C(=O)c1ccc(Cl)cc1. The van der Waals surface area contributed by atoms with Crippen molar-refractivity contribution in [2.45, 2.75) is 19.8 Å². The predicted molar refractivity (Wildman–Crippen MR) is 105 cm³/mol. The van der Waals surface area contributed by atoms with Crippen LogP contribution in [0.3, 0.4) is 0 Å². The smallest absolute Gasteiger partial charge is 0.330 e. The Kier molecular flexibility index (Phi) is 4.39. The van der Waals surface area contributed by atoms with Crippen LogP contribution in [0.1, 0.15) is 35.7 Å². The molecule has 0 saturated heterocycles. The molecule has 0 aromatic heterocycles. The summed E-state index contributed by atoms with van der Waals surface area (Å²) in [4.78, 5) is 39.5. The zero-order chi connectivity index (χ0) is 20.3. The molecule has 2 aromatic rings. The zero-order valence-corrected chi connectivity index (χ0v) is 17.5. The van der Waals surface area contributed by atoms with Crippen LogP contribution in [0.25, 0.3) is 0 Å². The number of esters is 2. The maximum Gasteiger partial charge on any atom is 0.330 e. The lowest BCUT2D eigenvalue weighted by Gasteiger charge is -2.22. The minimum absolute atomic E-state index is 0.0944. The maximum absolute atomic E-state index is 13.5. The zero-order valence-electron chi connectivity index (χ0n) is 15.1. The van der Waals surface area contributed by atoms with Gasteiger partial charge < -0.3 is 9.47 Å². The van der Waals surface area contributed by atoms with E-state index in [0.29, 0.717) is 21.9 Å². The first kappa shape index (κ1) is 19.2. The van der Waals surface area contributed by atoms with Gasteiger partial charge in [-0.05, 0) is 56.3 Å². The number of ketones is 1. The number of ether oxygens (including phenoxy) is 2. The predicted octanol–water partition coefficient (Wildman–Crippen LogP) is 4.56. The van der Waals surface area contributed by atoms with E-state index in [0.717, 1.165) is 4.47 Å². The number of hydrogen-bond acceptors (Lipinski definition) is 5. The van der Waals surface area contributed by atoms with Crippen LogP contribution in [0.15, 0.2) is 46.9 Å². The van der Waals surface area contributed by atoms with Crippen LogP contribution in [0, 0.1) is 10.8 Å². The molecule has 1 heterocycles. The first-order valence-electron chi connectivity index (χ1n) is 8.77. The molecular weight excluding hydrogens is 448 g/mol. The summed E-state index contributed by atoms with van der Waals surface area (Å²) in [6.45, 7) is 3.38. The lowest BCUT2D eigenvalue weighted by molar-refractivity contribution is -0.162. The number of carbonyl (C=O) groups is 3. The Morgan fingerprint density at radius 1 is 1.21 bits per heavy atom. The van der Waals surface area contributed by atoms with Gasteiger partial charge in [0.05, 0.1) is 12.0 Å². The third-order valence-corrected chi connectivity index (χ3v) is 6.47. The third kappa shape index (κ3) is 2.34. The largest absolute Gasteiger partial charge is 0.465 e. The van der Waals surface area contributed by atoms with E-state index in [1.165, 1.54) is 0 Å². The molecular formula is C21H16BrClO5. The van der Waals surface area contributed by atoms with Crippen LogP contribution in [-0.2, 0) is 14.3 Å². The molecule has 1 aliphatic heterocycles. The van der Waals surface area contributed by atoms with Crippen molar-refractivity contribution in [3.05, 3.63) is 63.1 Å². The highest BCUT2D eigenvalue weighted by molar-refractivity contribution is 9.10. The molecule has 3 unspecified atom stereocenters. The summed E-state index contributed by atoms with van der Waals surface area (Å²) in [6.07, 6.45) is 0. The molecule has 1 aliphatic carbocycles. The van der Waals surface area contributed by atoms with Gasteiger partial charge in [-0.3, -0.25) is 14.4 Å². The maximum atomic E-state index is 13.5. The molecule has 5 nitrogen and oxygen atoms in total. The fourth-order valence-corrected chi connectivity index (χ4v) is 4.89. The second kappa shape index (κ2) is 6.42. The van der Waals surface area contributed by atoms with Gasteiger partial charge in [-0.25, -0.2) is 0 Å². The molecule has 0 N–H and O–H groups in total. The quantitative estimate of drug-likeness (QED) is 0.288. The first-order chi connectivity index (χ1) is 13.3. The summed E-state index contributed by atoms with van der Waals surface area (Å²) >= 11 is 9.34. The summed E-state index contributed by atoms with van der Waals surface area (Å²) in [7, 11) is 0. The molecule has 1 fully saturated rings. The lowest BCUT2D eigenvalue weighted by Crippen LogP contribution is -2.40. The molecule has 3 atom stereocenters. The van der Waals surface area contributed by atoms with Crippen molar-refractivity contribution in [3.63, 3.8) is 0 Å². The van der Waals surface area contributed by atoms with Crippen LogP contribution in [0.2, 0.25) is 5.02 Å². The Morgan fingerprint density at radius 2 is 1.89 bits per heavy atom. The molecule has 2 aliphatic rings. The molecule has 1 saturated carbocycles. The molecule has 7 heteroatoms. The second-order valence-electron chi connectivity index (χ2n) is 7.07. The lowest BCUT2D eigenvalue weighted by atomic mass is 9.87. The van der Waals surface area contributed by atoms with Gasteiger partial charge in [0.1, 0.15) is 5.75 Å². The number of rotatable bonds is 4. The van der Waals surface area contributed by atoms with Gasteiger partial charge in [-0.15, -0.1) is 0 Å². The van der Waals surface area contributed by atoms with Crippen molar-refractivity contribution < 1.29 is 23.9 Å². The Hall–Kier alpha value is -2.18. The highest BCUT2D eigenvalue weighted by atomic mass is 79.9. The van der Waals surface area contributed by atoms with E-state index >= 15 is 0 Å². The molecule has 0 bridgehead atoms. The van der Waals surface area contributed by atoms with E-state index in [1.54, 1.807) is 56.3 Å². The van der Waals surface area contributed by atoms with Crippen LogP contribution >= 0.6 is 27.5 Å². The highest BCUT2D eigenvalue weighted by Crippen LogP contribution is 2.78. The molecule has 0 radical (unpaired) electrons. The highest BCUT2D eigenvalue weighted by Gasteiger charge is 2.89. The van der Waals surface area contributed by atoms with E-state index in [1.807, 2.05) is 0 Å². The number of carbonyl (C=O) groups excluding carboxylic acids is 3. The number of benzene rings is 2. The number of fused-ring (bicyclic) bond motifs is 3. The molecule has 28 heavy (non-hydrogen) atoms. The third-order valence-electron chi connectivity index (χ3n) is 5.73. The molecule has 4 rings (SSSR count). The van der Waals surface area contributed by atoms with E-state index < -0.39 is 28.7 Å². The minimum Gasteiger partial charge on any atom is -0.465 e. The van der Waals surface area contributed by atoms with E-state index in [-0.39, 0.29) is 12.4 Å². The monoisotopic (exact) mass is 462 g/mol. The minimum atomic E-state index is -1.70. The number of Topliss-reactive ketones (excluding diaryl/α,β-unsaturated/α-hetero) is 1. The summed E-state index contributed by atoms with van der Waals surface area (Å²) in [5, 5.41) is 0.490. The topological polar surface area (TPSA) is 69.7 Å². The fourth-order valence-electron chi connectivity index (χ4n) is 4.38. The Labute approximate surface area is 175 Å². The van der Waals surface area contributed by atoms with Crippen molar-refractivity contribution in [2.24, 2.45) is 10.8 Å². The first-order valence-corrected chi connectivity index (χ1v) is 9.94. The fraction of sp³-hybridized carbons (Fsp3) is 0.286. The van der Waals surface area contributed by atoms with Gasteiger partial charge in [0, 0.05) is 26.5 Å². The van der Waals surface area contributed by atoms with Crippen molar-refractivity contribution in [3.8, 4) is 5.75 Å². The van der Waals surface area contributed by atoms with Gasteiger partial charge in [0.15, 0.2) is 11.2 Å².